The molecule has 2 N–H and O–H groups in total. The number of nitriles is 1. The van der Waals surface area contributed by atoms with Crippen molar-refractivity contribution in [2.75, 3.05) is 13.1 Å². The number of hydrogen-bond donors (Lipinski definition) is 2. The number of nitrogens with one attached hydrogen (secondary N) is 1. The quantitative estimate of drug-likeness (QED) is 0.729. The van der Waals surface area contributed by atoms with Gasteiger partial charge >= 0.3 is 0 Å². The molecule has 1 atom stereocenters. The molecule has 1 heterocycles. The molecule has 1 unspecified atom stereocenters. The number of hydrogen-bond acceptors (Lipinski definition) is 3. The highest BCUT2D eigenvalue weighted by Gasteiger charge is 2.16. The maximum atomic E-state index is 9.40. The van der Waals surface area contributed by atoms with E-state index in [4.69, 9.17) is 5.26 Å². The Balaban J connectivity index is 2.25. The lowest BCUT2D eigenvalue weighted by Crippen LogP contribution is -2.28. The molecular formula is C12H14N2O. The van der Waals surface area contributed by atoms with Crippen LogP contribution in [0.4, 0.5) is 0 Å². The zero-order valence-electron chi connectivity index (χ0n) is 8.53. The van der Waals surface area contributed by atoms with Gasteiger partial charge in [-0.1, -0.05) is 6.07 Å². The average Bonchev–Trinajstić information content (AvgIpc) is 2.31. The molecule has 2 rings (SSSR count). The summed E-state index contributed by atoms with van der Waals surface area (Å²) < 4.78 is 0. The van der Waals surface area contributed by atoms with Gasteiger partial charge in [-0.2, -0.15) is 5.26 Å². The van der Waals surface area contributed by atoms with E-state index >= 15 is 0 Å². The van der Waals surface area contributed by atoms with Gasteiger partial charge in [0.1, 0.15) is 11.8 Å². The lowest BCUT2D eigenvalue weighted by atomic mass is 9.90. The number of phenolic OH excluding ortho intramolecular Hbond substituents is 1. The molecule has 0 amide bonds. The highest BCUT2D eigenvalue weighted by Crippen LogP contribution is 2.27. The van der Waals surface area contributed by atoms with E-state index in [0.717, 1.165) is 25.1 Å². The molecule has 0 radical (unpaired) electrons. The van der Waals surface area contributed by atoms with Gasteiger partial charge in [-0.25, -0.2) is 0 Å². The van der Waals surface area contributed by atoms with E-state index in [1.807, 2.05) is 12.1 Å². The van der Waals surface area contributed by atoms with Crippen LogP contribution in [0.5, 0.6) is 5.75 Å². The number of piperidine rings is 1. The van der Waals surface area contributed by atoms with Crippen LogP contribution in [0, 0.1) is 11.3 Å². The Morgan fingerprint density at radius 3 is 3.00 bits per heavy atom. The van der Waals surface area contributed by atoms with Gasteiger partial charge in [-0.15, -0.1) is 0 Å². The van der Waals surface area contributed by atoms with Gasteiger partial charge in [0, 0.05) is 6.54 Å². The summed E-state index contributed by atoms with van der Waals surface area (Å²) in [4.78, 5) is 0. The number of rotatable bonds is 1. The van der Waals surface area contributed by atoms with Crippen molar-refractivity contribution in [3.63, 3.8) is 0 Å². The van der Waals surface area contributed by atoms with Crippen molar-refractivity contribution in [1.29, 1.82) is 5.26 Å². The highest BCUT2D eigenvalue weighted by molar-refractivity contribution is 5.45. The molecule has 1 aromatic carbocycles. The van der Waals surface area contributed by atoms with Gasteiger partial charge in [0.2, 0.25) is 0 Å². The standard InChI is InChI=1S/C12H14N2O/c13-7-11-6-9(3-4-12(11)15)10-2-1-5-14-8-10/h3-4,6,10,14-15H,1-2,5,8H2. The van der Waals surface area contributed by atoms with E-state index < -0.39 is 0 Å². The summed E-state index contributed by atoms with van der Waals surface area (Å²) in [5.41, 5.74) is 1.52. The molecule has 0 bridgehead atoms. The zero-order chi connectivity index (χ0) is 10.7. The number of nitrogens with zero attached hydrogens (tertiary/aromatic N) is 1. The van der Waals surface area contributed by atoms with Crippen molar-refractivity contribution < 1.29 is 5.11 Å². The van der Waals surface area contributed by atoms with Crippen molar-refractivity contribution in [3.8, 4) is 11.8 Å². The third-order valence-corrected chi connectivity index (χ3v) is 2.91. The van der Waals surface area contributed by atoms with E-state index in [1.165, 1.54) is 6.42 Å². The van der Waals surface area contributed by atoms with Crippen LogP contribution < -0.4 is 5.32 Å². The van der Waals surface area contributed by atoms with E-state index in [2.05, 4.69) is 5.32 Å². The third-order valence-electron chi connectivity index (χ3n) is 2.91. The number of aromatic hydroxyl groups is 1. The normalized spacial score (nSPS) is 20.9. The highest BCUT2D eigenvalue weighted by atomic mass is 16.3. The van der Waals surface area contributed by atoms with Gasteiger partial charge < -0.3 is 10.4 Å². The van der Waals surface area contributed by atoms with Crippen molar-refractivity contribution in [1.82, 2.24) is 5.32 Å². The Hall–Kier alpha value is -1.53. The minimum atomic E-state index is 0.0741. The molecule has 1 saturated heterocycles. The smallest absolute Gasteiger partial charge is 0.133 e. The fourth-order valence-corrected chi connectivity index (χ4v) is 2.03. The van der Waals surface area contributed by atoms with Crippen LogP contribution in [0.25, 0.3) is 0 Å². The molecule has 0 spiro atoms. The first-order valence-corrected chi connectivity index (χ1v) is 5.25. The van der Waals surface area contributed by atoms with Crippen LogP contribution >= 0.6 is 0 Å². The summed E-state index contributed by atoms with van der Waals surface area (Å²) in [6.45, 7) is 2.05. The first kappa shape index (κ1) is 10.0. The van der Waals surface area contributed by atoms with Crippen LogP contribution in [0.3, 0.4) is 0 Å². The van der Waals surface area contributed by atoms with Crippen LogP contribution in [-0.4, -0.2) is 18.2 Å². The Kier molecular flexibility index (Phi) is 2.89. The molecule has 78 valence electrons. The van der Waals surface area contributed by atoms with E-state index in [0.29, 0.717) is 11.5 Å². The van der Waals surface area contributed by atoms with Gasteiger partial charge in [0.25, 0.3) is 0 Å². The van der Waals surface area contributed by atoms with Gasteiger partial charge in [0.05, 0.1) is 5.56 Å². The van der Waals surface area contributed by atoms with Crippen molar-refractivity contribution in [2.24, 2.45) is 0 Å². The van der Waals surface area contributed by atoms with Gasteiger partial charge in [-0.3, -0.25) is 0 Å². The summed E-state index contributed by atoms with van der Waals surface area (Å²) in [5, 5.41) is 21.6. The van der Waals surface area contributed by atoms with Crippen molar-refractivity contribution in [2.45, 2.75) is 18.8 Å². The summed E-state index contributed by atoms with van der Waals surface area (Å²) >= 11 is 0. The molecule has 1 aliphatic rings. The van der Waals surface area contributed by atoms with Crippen LogP contribution in [0.2, 0.25) is 0 Å². The first-order valence-electron chi connectivity index (χ1n) is 5.25. The Bertz CT molecular complexity index is 389. The Morgan fingerprint density at radius 2 is 2.33 bits per heavy atom. The van der Waals surface area contributed by atoms with E-state index in [1.54, 1.807) is 12.1 Å². The molecule has 0 saturated carbocycles. The van der Waals surface area contributed by atoms with Gasteiger partial charge in [-0.05, 0) is 43.0 Å². The predicted molar refractivity (Wildman–Crippen MR) is 57.7 cm³/mol. The molecule has 0 aliphatic carbocycles. The number of benzene rings is 1. The lowest BCUT2D eigenvalue weighted by Gasteiger charge is -2.23. The third kappa shape index (κ3) is 2.11. The van der Waals surface area contributed by atoms with E-state index in [-0.39, 0.29) is 5.75 Å². The van der Waals surface area contributed by atoms with Crippen LogP contribution in [0.15, 0.2) is 18.2 Å². The maximum Gasteiger partial charge on any atom is 0.133 e. The van der Waals surface area contributed by atoms with Crippen molar-refractivity contribution >= 4 is 0 Å². The topological polar surface area (TPSA) is 56.0 Å². The monoisotopic (exact) mass is 202 g/mol. The first-order chi connectivity index (χ1) is 7.31. The molecule has 1 aromatic rings. The molecule has 1 aliphatic heterocycles. The fourth-order valence-electron chi connectivity index (χ4n) is 2.03. The lowest BCUT2D eigenvalue weighted by molar-refractivity contribution is 0.457. The summed E-state index contributed by atoms with van der Waals surface area (Å²) in [6, 6.07) is 7.33. The minimum absolute atomic E-state index is 0.0741. The molecular weight excluding hydrogens is 188 g/mol. The molecule has 3 heteroatoms. The average molecular weight is 202 g/mol. The Labute approximate surface area is 89.4 Å². The molecule has 15 heavy (non-hydrogen) atoms. The zero-order valence-corrected chi connectivity index (χ0v) is 8.53. The minimum Gasteiger partial charge on any atom is -0.507 e. The second-order valence-electron chi connectivity index (χ2n) is 3.93. The summed E-state index contributed by atoms with van der Waals surface area (Å²) in [5.74, 6) is 0.552. The van der Waals surface area contributed by atoms with Crippen molar-refractivity contribution in [3.05, 3.63) is 29.3 Å². The fraction of sp³-hybridized carbons (Fsp3) is 0.417. The molecule has 3 nitrogen and oxygen atoms in total. The number of phenols is 1. The van der Waals surface area contributed by atoms with Crippen LogP contribution in [-0.2, 0) is 0 Å². The largest absolute Gasteiger partial charge is 0.507 e. The van der Waals surface area contributed by atoms with E-state index in [9.17, 15) is 5.11 Å². The maximum absolute atomic E-state index is 9.40. The van der Waals surface area contributed by atoms with Crippen LogP contribution in [0.1, 0.15) is 29.9 Å². The predicted octanol–water partition coefficient (Wildman–Crippen LogP) is 1.73. The second kappa shape index (κ2) is 4.33. The SMILES string of the molecule is N#Cc1cc(C2CCCNC2)ccc1O. The molecule has 1 fully saturated rings. The summed E-state index contributed by atoms with van der Waals surface area (Å²) in [6.07, 6.45) is 2.33. The molecule has 0 aromatic heterocycles. The second-order valence-corrected chi connectivity index (χ2v) is 3.93. The van der Waals surface area contributed by atoms with Gasteiger partial charge in [0.15, 0.2) is 0 Å². The summed E-state index contributed by atoms with van der Waals surface area (Å²) in [7, 11) is 0. The Morgan fingerprint density at radius 1 is 1.47 bits per heavy atom.